The van der Waals surface area contributed by atoms with E-state index in [2.05, 4.69) is 58.9 Å². The minimum absolute atomic E-state index is 0.165. The quantitative estimate of drug-likeness (QED) is 0.346. The summed E-state index contributed by atoms with van der Waals surface area (Å²) in [4.78, 5) is 27.5. The Morgan fingerprint density at radius 3 is 2.61 bits per heavy atom. The van der Waals surface area contributed by atoms with Gasteiger partial charge in [-0.3, -0.25) is 4.79 Å². The molecule has 1 amide bonds. The summed E-state index contributed by atoms with van der Waals surface area (Å²) in [6.07, 6.45) is 5.06. The highest BCUT2D eigenvalue weighted by Crippen LogP contribution is 2.37. The number of aromatic nitrogens is 3. The topological polar surface area (TPSA) is 113 Å². The lowest BCUT2D eigenvalue weighted by molar-refractivity contribution is 0.0895. The highest BCUT2D eigenvalue weighted by Gasteiger charge is 2.24. The van der Waals surface area contributed by atoms with E-state index in [-0.39, 0.29) is 17.9 Å². The minimum Gasteiger partial charge on any atom is -0.444 e. The van der Waals surface area contributed by atoms with E-state index < -0.39 is 0 Å². The number of hydrogen-bond donors (Lipinski definition) is 3. The number of anilines is 1. The van der Waals surface area contributed by atoms with Gasteiger partial charge in [-0.05, 0) is 68.5 Å². The number of benzene rings is 1. The van der Waals surface area contributed by atoms with Crippen LogP contribution < -0.4 is 11.1 Å². The Morgan fingerprint density at radius 2 is 1.92 bits per heavy atom. The summed E-state index contributed by atoms with van der Waals surface area (Å²) in [5, 5.41) is 4.22. The van der Waals surface area contributed by atoms with E-state index in [1.807, 2.05) is 24.3 Å². The van der Waals surface area contributed by atoms with Crippen molar-refractivity contribution in [2.45, 2.75) is 58.5 Å². The number of nitrogens with two attached hydrogens (primary N) is 1. The molecule has 8 heteroatoms. The van der Waals surface area contributed by atoms with E-state index in [0.717, 1.165) is 53.7 Å². The van der Waals surface area contributed by atoms with Crippen LogP contribution in [0.4, 0.5) is 5.82 Å². The molecule has 4 N–H and O–H groups in total. The summed E-state index contributed by atoms with van der Waals surface area (Å²) in [5.41, 5.74) is 11.3. The number of likely N-dealkylation sites (tertiary alicyclic amines) is 1. The highest BCUT2D eigenvalue weighted by atomic mass is 16.3. The van der Waals surface area contributed by atoms with Crippen LogP contribution in [0.2, 0.25) is 0 Å². The van der Waals surface area contributed by atoms with Crippen molar-refractivity contribution in [2.24, 2.45) is 0 Å². The van der Waals surface area contributed by atoms with E-state index in [1.165, 1.54) is 11.8 Å². The van der Waals surface area contributed by atoms with Crippen LogP contribution >= 0.6 is 0 Å². The fourth-order valence-corrected chi connectivity index (χ4v) is 5.11. The van der Waals surface area contributed by atoms with Gasteiger partial charge in [0.15, 0.2) is 5.69 Å². The summed E-state index contributed by atoms with van der Waals surface area (Å²) in [6.45, 7) is 10.7. The van der Waals surface area contributed by atoms with E-state index in [9.17, 15) is 4.79 Å². The van der Waals surface area contributed by atoms with Crippen molar-refractivity contribution in [3.05, 3.63) is 54.0 Å². The second kappa shape index (κ2) is 9.78. The van der Waals surface area contributed by atoms with Gasteiger partial charge >= 0.3 is 0 Å². The molecule has 188 valence electrons. The molecule has 0 saturated carbocycles. The van der Waals surface area contributed by atoms with Crippen molar-refractivity contribution < 1.29 is 9.21 Å². The van der Waals surface area contributed by atoms with Crippen molar-refractivity contribution in [3.63, 3.8) is 0 Å². The van der Waals surface area contributed by atoms with Gasteiger partial charge in [0.25, 0.3) is 5.91 Å². The first-order valence-electron chi connectivity index (χ1n) is 12.7. The molecule has 0 radical (unpaired) electrons. The van der Waals surface area contributed by atoms with Crippen molar-refractivity contribution in [1.82, 2.24) is 25.2 Å². The van der Waals surface area contributed by atoms with Crippen LogP contribution in [0.5, 0.6) is 0 Å². The zero-order valence-corrected chi connectivity index (χ0v) is 21.3. The first kappa shape index (κ1) is 24.1. The van der Waals surface area contributed by atoms with Crippen LogP contribution in [0.25, 0.3) is 33.6 Å². The molecule has 36 heavy (non-hydrogen) atoms. The van der Waals surface area contributed by atoms with E-state index in [4.69, 9.17) is 10.2 Å². The zero-order chi connectivity index (χ0) is 25.4. The minimum atomic E-state index is -0.184. The van der Waals surface area contributed by atoms with Crippen molar-refractivity contribution in [1.29, 1.82) is 0 Å². The second-order valence-electron chi connectivity index (χ2n) is 10.2. The van der Waals surface area contributed by atoms with E-state index in [0.29, 0.717) is 23.4 Å². The summed E-state index contributed by atoms with van der Waals surface area (Å²) >= 11 is 0. The maximum absolute atomic E-state index is 12.8. The number of amides is 1. The number of nitrogens with one attached hydrogen (secondary N) is 2. The molecular weight excluding hydrogens is 452 g/mol. The maximum atomic E-state index is 12.8. The number of nitrogen functional groups attached to an aromatic ring is 1. The monoisotopic (exact) mass is 486 g/mol. The highest BCUT2D eigenvalue weighted by molar-refractivity contribution is 5.95. The number of carbonyl (C=O) groups excluding carboxylic acids is 1. The number of nitrogens with zero attached hydrogens (tertiary/aromatic N) is 3. The molecule has 1 aliphatic heterocycles. The average Bonchev–Trinajstić information content (AvgIpc) is 3.49. The molecule has 1 aromatic carbocycles. The van der Waals surface area contributed by atoms with Crippen molar-refractivity contribution >= 4 is 22.6 Å². The molecule has 0 atom stereocenters. The number of aromatic amines is 1. The van der Waals surface area contributed by atoms with Gasteiger partial charge in [-0.1, -0.05) is 13.8 Å². The molecule has 5 rings (SSSR count). The predicted molar refractivity (Wildman–Crippen MR) is 143 cm³/mol. The number of H-pyrrole nitrogens is 1. The van der Waals surface area contributed by atoms with Gasteiger partial charge in [-0.15, -0.1) is 0 Å². The number of pyridine rings is 1. The standard InChI is InChI=1S/C28H34N6O2/c1-16(2)25-21-13-19(5-6-22(21)32-26(25)18-7-10-30-24(29)14-18)28-33-23(15-36-28)27(35)31-20-8-11-34(12-9-20)17(3)4/h5-7,10,13-17,20,32H,8-9,11-12H2,1-4H3,(H2,29,30)(H,31,35). The van der Waals surface area contributed by atoms with Crippen LogP contribution in [-0.4, -0.2) is 50.9 Å². The molecule has 1 fully saturated rings. The Balaban J connectivity index is 1.38. The molecule has 4 heterocycles. The molecule has 8 nitrogen and oxygen atoms in total. The summed E-state index contributed by atoms with van der Waals surface area (Å²) in [5.74, 6) is 1.00. The molecule has 0 bridgehead atoms. The molecule has 0 aliphatic carbocycles. The number of oxazole rings is 1. The SMILES string of the molecule is CC(C)c1c(-c2ccnc(N)c2)[nH]c2ccc(-c3nc(C(=O)NC4CCN(C(C)C)CC4)co3)cc12. The van der Waals surface area contributed by atoms with E-state index >= 15 is 0 Å². The smallest absolute Gasteiger partial charge is 0.273 e. The number of hydrogen-bond acceptors (Lipinski definition) is 6. The van der Waals surface area contributed by atoms with Gasteiger partial charge in [0.05, 0.1) is 5.69 Å². The fraction of sp³-hybridized carbons (Fsp3) is 0.393. The third-order valence-corrected chi connectivity index (χ3v) is 7.06. The van der Waals surface area contributed by atoms with E-state index in [1.54, 1.807) is 6.20 Å². The molecule has 1 saturated heterocycles. The van der Waals surface area contributed by atoms with Crippen LogP contribution in [0, 0.1) is 0 Å². The van der Waals surface area contributed by atoms with Gasteiger partial charge < -0.3 is 25.4 Å². The lowest BCUT2D eigenvalue weighted by atomic mass is 9.95. The lowest BCUT2D eigenvalue weighted by Gasteiger charge is -2.34. The van der Waals surface area contributed by atoms with Crippen LogP contribution in [0.15, 0.2) is 47.2 Å². The number of piperidine rings is 1. The zero-order valence-electron chi connectivity index (χ0n) is 21.3. The first-order chi connectivity index (χ1) is 17.3. The number of rotatable bonds is 6. The normalized spacial score (nSPS) is 15.3. The van der Waals surface area contributed by atoms with Gasteiger partial charge in [0.2, 0.25) is 5.89 Å². The summed E-state index contributed by atoms with van der Waals surface area (Å²) in [6, 6.07) is 10.6. The molecule has 0 spiro atoms. The fourth-order valence-electron chi connectivity index (χ4n) is 5.11. The second-order valence-corrected chi connectivity index (χ2v) is 10.2. The van der Waals surface area contributed by atoms with Gasteiger partial charge in [-0.25, -0.2) is 9.97 Å². The largest absolute Gasteiger partial charge is 0.444 e. The Kier molecular flexibility index (Phi) is 6.53. The lowest BCUT2D eigenvalue weighted by Crippen LogP contribution is -2.46. The van der Waals surface area contributed by atoms with Crippen LogP contribution in [0.3, 0.4) is 0 Å². The van der Waals surface area contributed by atoms with Gasteiger partial charge in [0.1, 0.15) is 12.1 Å². The van der Waals surface area contributed by atoms with Gasteiger partial charge in [0, 0.05) is 53.4 Å². The average molecular weight is 487 g/mol. The molecule has 3 aromatic heterocycles. The molecule has 4 aromatic rings. The third-order valence-electron chi connectivity index (χ3n) is 7.06. The summed E-state index contributed by atoms with van der Waals surface area (Å²) < 4.78 is 5.75. The Labute approximate surface area is 211 Å². The Bertz CT molecular complexity index is 1380. The van der Waals surface area contributed by atoms with Crippen LogP contribution in [-0.2, 0) is 0 Å². The Morgan fingerprint density at radius 1 is 1.14 bits per heavy atom. The van der Waals surface area contributed by atoms with Crippen LogP contribution in [0.1, 0.15) is 62.5 Å². The summed E-state index contributed by atoms with van der Waals surface area (Å²) in [7, 11) is 0. The van der Waals surface area contributed by atoms with Crippen molar-refractivity contribution in [3.8, 4) is 22.7 Å². The number of carbonyl (C=O) groups is 1. The number of fused-ring (bicyclic) bond motifs is 1. The molecule has 0 unspecified atom stereocenters. The first-order valence-corrected chi connectivity index (χ1v) is 12.7. The van der Waals surface area contributed by atoms with Crippen molar-refractivity contribution in [2.75, 3.05) is 18.8 Å². The van der Waals surface area contributed by atoms with Gasteiger partial charge in [-0.2, -0.15) is 0 Å². The molecular formula is C28H34N6O2. The predicted octanol–water partition coefficient (Wildman–Crippen LogP) is 5.19. The molecule has 1 aliphatic rings. The third kappa shape index (κ3) is 4.73. The Hall–Kier alpha value is -3.65. The maximum Gasteiger partial charge on any atom is 0.273 e.